The summed E-state index contributed by atoms with van der Waals surface area (Å²) in [6.45, 7) is 7.55. The van der Waals surface area contributed by atoms with Gasteiger partial charge in [0.15, 0.2) is 0 Å². The van der Waals surface area contributed by atoms with Crippen molar-refractivity contribution in [3.63, 3.8) is 0 Å². The molecule has 1 aliphatic rings. The highest BCUT2D eigenvalue weighted by atomic mass is 16.5. The molecule has 2 atom stereocenters. The molecule has 0 heterocycles. The number of hydrogen-bond acceptors (Lipinski definition) is 3. The van der Waals surface area contributed by atoms with Crippen LogP contribution in [0.1, 0.15) is 57.9 Å². The Labute approximate surface area is 128 Å². The van der Waals surface area contributed by atoms with E-state index in [9.17, 15) is 5.11 Å². The summed E-state index contributed by atoms with van der Waals surface area (Å²) in [5.74, 6) is 1.46. The molecule has 1 aromatic rings. The fraction of sp³-hybridized carbons (Fsp3) is 0.667. The first-order chi connectivity index (χ1) is 10.1. The Morgan fingerprint density at radius 2 is 2.14 bits per heavy atom. The van der Waals surface area contributed by atoms with E-state index in [1.807, 2.05) is 6.07 Å². The quantitative estimate of drug-likeness (QED) is 0.843. The van der Waals surface area contributed by atoms with Crippen LogP contribution in [0.5, 0.6) is 5.75 Å². The third-order valence-electron chi connectivity index (χ3n) is 4.49. The van der Waals surface area contributed by atoms with E-state index >= 15 is 0 Å². The monoisotopic (exact) mass is 291 g/mol. The first-order valence-corrected chi connectivity index (χ1v) is 8.21. The van der Waals surface area contributed by atoms with Gasteiger partial charge in [-0.2, -0.15) is 0 Å². The van der Waals surface area contributed by atoms with Crippen molar-refractivity contribution in [2.75, 3.05) is 13.2 Å². The molecule has 1 saturated carbocycles. The van der Waals surface area contributed by atoms with E-state index in [1.165, 1.54) is 5.56 Å². The van der Waals surface area contributed by atoms with Crippen molar-refractivity contribution in [3.8, 4) is 5.75 Å². The minimum Gasteiger partial charge on any atom is -0.490 e. The number of benzene rings is 1. The molecule has 118 valence electrons. The topological polar surface area (TPSA) is 41.5 Å². The zero-order valence-corrected chi connectivity index (χ0v) is 13.6. The fourth-order valence-electron chi connectivity index (χ4n) is 3.39. The van der Waals surface area contributed by atoms with Crippen LogP contribution in [0.4, 0.5) is 0 Å². The lowest BCUT2D eigenvalue weighted by atomic mass is 9.80. The van der Waals surface area contributed by atoms with Crippen molar-refractivity contribution in [2.24, 2.45) is 0 Å². The summed E-state index contributed by atoms with van der Waals surface area (Å²) in [7, 11) is 0. The van der Waals surface area contributed by atoms with Gasteiger partial charge in [-0.15, -0.1) is 0 Å². The molecule has 2 unspecified atom stereocenters. The molecule has 1 fully saturated rings. The maximum atomic E-state index is 9.78. The van der Waals surface area contributed by atoms with Crippen LogP contribution in [0.3, 0.4) is 0 Å². The Morgan fingerprint density at radius 3 is 2.81 bits per heavy atom. The molecule has 0 bridgehead atoms. The van der Waals surface area contributed by atoms with Crippen LogP contribution in [-0.4, -0.2) is 29.9 Å². The molecule has 1 aromatic carbocycles. The Hall–Kier alpha value is -1.06. The summed E-state index contributed by atoms with van der Waals surface area (Å²) < 4.78 is 6.30. The second-order valence-electron chi connectivity index (χ2n) is 6.50. The Balaban J connectivity index is 2.09. The molecule has 0 radical (unpaired) electrons. The summed E-state index contributed by atoms with van der Waals surface area (Å²) in [5.41, 5.74) is 1.10. The molecule has 21 heavy (non-hydrogen) atoms. The van der Waals surface area contributed by atoms with Gasteiger partial charge in [-0.3, -0.25) is 0 Å². The van der Waals surface area contributed by atoms with Crippen LogP contribution in [0.25, 0.3) is 0 Å². The zero-order valence-electron chi connectivity index (χ0n) is 13.6. The smallest absolute Gasteiger partial charge is 0.123 e. The van der Waals surface area contributed by atoms with Gasteiger partial charge >= 0.3 is 0 Å². The number of aliphatic hydroxyl groups is 1. The lowest BCUT2D eigenvalue weighted by Crippen LogP contribution is -2.53. The average molecular weight is 291 g/mol. The summed E-state index contributed by atoms with van der Waals surface area (Å²) in [5, 5.41) is 13.3. The molecule has 3 nitrogen and oxygen atoms in total. The van der Waals surface area contributed by atoms with Crippen LogP contribution in [0.2, 0.25) is 0 Å². The molecule has 2 N–H and O–H groups in total. The largest absolute Gasteiger partial charge is 0.490 e. The predicted molar refractivity (Wildman–Crippen MR) is 86.9 cm³/mol. The first-order valence-electron chi connectivity index (χ1n) is 8.21. The molecule has 0 aliphatic heterocycles. The maximum Gasteiger partial charge on any atom is 0.123 e. The molecule has 0 saturated heterocycles. The van der Waals surface area contributed by atoms with Gasteiger partial charge in [-0.25, -0.2) is 0 Å². The fourth-order valence-corrected chi connectivity index (χ4v) is 3.39. The molecule has 1 aliphatic carbocycles. The van der Waals surface area contributed by atoms with Crippen molar-refractivity contribution in [2.45, 2.75) is 64.0 Å². The summed E-state index contributed by atoms with van der Waals surface area (Å²) in [4.78, 5) is 0. The second-order valence-corrected chi connectivity index (χ2v) is 6.50. The van der Waals surface area contributed by atoms with Crippen molar-refractivity contribution in [1.29, 1.82) is 0 Å². The number of nitrogens with one attached hydrogen (secondary N) is 1. The van der Waals surface area contributed by atoms with Gasteiger partial charge in [0, 0.05) is 12.0 Å². The van der Waals surface area contributed by atoms with E-state index in [1.54, 1.807) is 0 Å². The number of hydrogen-bond donors (Lipinski definition) is 2. The number of para-hydroxylation sites is 1. The van der Waals surface area contributed by atoms with Crippen LogP contribution in [-0.2, 0) is 0 Å². The molecular weight excluding hydrogens is 262 g/mol. The van der Waals surface area contributed by atoms with E-state index in [4.69, 9.17) is 4.74 Å². The van der Waals surface area contributed by atoms with E-state index in [0.717, 1.165) is 38.0 Å². The van der Waals surface area contributed by atoms with E-state index in [-0.39, 0.29) is 18.2 Å². The standard InChI is InChI=1S/C18H29NO2/c1-4-19-18(13-20)11-7-8-15(12-18)21-17-10-6-5-9-16(17)14(2)3/h5-6,9-10,14-15,19-20H,4,7-8,11-13H2,1-3H3. The molecule has 2 rings (SSSR count). The predicted octanol–water partition coefficient (Wildman–Crippen LogP) is 3.47. The van der Waals surface area contributed by atoms with Gasteiger partial charge < -0.3 is 15.2 Å². The SMILES string of the molecule is CCNC1(CO)CCCC(Oc2ccccc2C(C)C)C1. The third kappa shape index (κ3) is 3.98. The van der Waals surface area contributed by atoms with Gasteiger partial charge in [0.05, 0.1) is 6.61 Å². The molecule has 0 amide bonds. The number of aliphatic hydroxyl groups excluding tert-OH is 1. The van der Waals surface area contributed by atoms with Crippen LogP contribution >= 0.6 is 0 Å². The van der Waals surface area contributed by atoms with E-state index < -0.39 is 0 Å². The Morgan fingerprint density at radius 1 is 1.38 bits per heavy atom. The number of likely N-dealkylation sites (N-methyl/N-ethyl adjacent to an activating group) is 1. The van der Waals surface area contributed by atoms with Crippen molar-refractivity contribution < 1.29 is 9.84 Å². The number of ether oxygens (including phenoxy) is 1. The van der Waals surface area contributed by atoms with Gasteiger partial charge in [0.25, 0.3) is 0 Å². The minimum atomic E-state index is -0.162. The maximum absolute atomic E-state index is 9.78. The Kier molecular flexibility index (Phi) is 5.65. The van der Waals surface area contributed by atoms with Gasteiger partial charge in [-0.1, -0.05) is 39.0 Å². The third-order valence-corrected chi connectivity index (χ3v) is 4.49. The van der Waals surface area contributed by atoms with Gasteiger partial charge in [-0.05, 0) is 43.4 Å². The van der Waals surface area contributed by atoms with Crippen LogP contribution in [0, 0.1) is 0 Å². The van der Waals surface area contributed by atoms with Crippen molar-refractivity contribution >= 4 is 0 Å². The molecular formula is C18H29NO2. The molecule has 0 spiro atoms. The highest BCUT2D eigenvalue weighted by Crippen LogP contribution is 2.33. The van der Waals surface area contributed by atoms with E-state index in [0.29, 0.717) is 5.92 Å². The summed E-state index contributed by atoms with van der Waals surface area (Å²) in [6.07, 6.45) is 4.26. The van der Waals surface area contributed by atoms with E-state index in [2.05, 4.69) is 44.3 Å². The molecule has 0 aromatic heterocycles. The highest BCUT2D eigenvalue weighted by molar-refractivity contribution is 5.35. The van der Waals surface area contributed by atoms with Gasteiger partial charge in [0.2, 0.25) is 0 Å². The average Bonchev–Trinajstić information content (AvgIpc) is 2.48. The zero-order chi connectivity index (χ0) is 15.3. The molecule has 3 heteroatoms. The van der Waals surface area contributed by atoms with Crippen molar-refractivity contribution in [1.82, 2.24) is 5.32 Å². The second kappa shape index (κ2) is 7.28. The number of rotatable bonds is 6. The van der Waals surface area contributed by atoms with Crippen LogP contribution in [0.15, 0.2) is 24.3 Å². The summed E-state index contributed by atoms with van der Waals surface area (Å²) >= 11 is 0. The minimum absolute atomic E-state index is 0.162. The first kappa shape index (κ1) is 16.3. The lowest BCUT2D eigenvalue weighted by Gasteiger charge is -2.40. The Bertz CT molecular complexity index is 443. The van der Waals surface area contributed by atoms with Crippen LogP contribution < -0.4 is 10.1 Å². The highest BCUT2D eigenvalue weighted by Gasteiger charge is 2.36. The van der Waals surface area contributed by atoms with Crippen molar-refractivity contribution in [3.05, 3.63) is 29.8 Å². The summed E-state index contributed by atoms with van der Waals surface area (Å²) in [6, 6.07) is 8.32. The lowest BCUT2D eigenvalue weighted by molar-refractivity contribution is 0.0514. The van der Waals surface area contributed by atoms with Gasteiger partial charge in [0.1, 0.15) is 11.9 Å². The normalized spacial score (nSPS) is 26.0.